The fraction of sp³-hybridized carbons (Fsp3) is 0.111. The van der Waals surface area contributed by atoms with Gasteiger partial charge in [0.05, 0.1) is 21.4 Å². The van der Waals surface area contributed by atoms with E-state index < -0.39 is 0 Å². The Labute approximate surface area is 132 Å². The molecule has 0 saturated carbocycles. The van der Waals surface area contributed by atoms with Crippen LogP contribution in [0.5, 0.6) is 0 Å². The van der Waals surface area contributed by atoms with Crippen molar-refractivity contribution < 1.29 is 0 Å². The maximum Gasteiger partial charge on any atom is 0.117 e. The molecule has 0 saturated heterocycles. The molecule has 0 radical (unpaired) electrons. The fourth-order valence-electron chi connectivity index (χ4n) is 2.62. The molecule has 0 amide bonds. The Morgan fingerprint density at radius 3 is 2.86 bits per heavy atom. The second kappa shape index (κ2) is 5.07. The molecule has 4 rings (SSSR count). The SMILES string of the molecule is Cc1ccc2sc(/C=C/c3nc(C)n4ccccc34)nc2c1. The molecule has 0 aliphatic rings. The molecule has 0 fully saturated rings. The molecule has 0 aliphatic heterocycles. The van der Waals surface area contributed by atoms with E-state index in [2.05, 4.69) is 51.6 Å². The highest BCUT2D eigenvalue weighted by Crippen LogP contribution is 2.25. The molecule has 108 valence electrons. The lowest BCUT2D eigenvalue weighted by molar-refractivity contribution is 1.04. The predicted octanol–water partition coefficient (Wildman–Crippen LogP) is 4.73. The predicted molar refractivity (Wildman–Crippen MR) is 93.2 cm³/mol. The van der Waals surface area contributed by atoms with Gasteiger partial charge in [0.15, 0.2) is 0 Å². The summed E-state index contributed by atoms with van der Waals surface area (Å²) in [4.78, 5) is 9.30. The van der Waals surface area contributed by atoms with Gasteiger partial charge in [-0.1, -0.05) is 12.1 Å². The van der Waals surface area contributed by atoms with Gasteiger partial charge < -0.3 is 4.40 Å². The van der Waals surface area contributed by atoms with Crippen LogP contribution in [0.15, 0.2) is 42.6 Å². The maximum absolute atomic E-state index is 4.67. The largest absolute Gasteiger partial charge is 0.303 e. The molecule has 0 bridgehead atoms. The van der Waals surface area contributed by atoms with Crippen LogP contribution in [0.25, 0.3) is 27.9 Å². The Morgan fingerprint density at radius 2 is 1.95 bits per heavy atom. The molecule has 0 unspecified atom stereocenters. The molecule has 4 aromatic rings. The first-order valence-corrected chi connectivity index (χ1v) is 8.01. The van der Waals surface area contributed by atoms with Crippen LogP contribution in [-0.2, 0) is 0 Å². The van der Waals surface area contributed by atoms with Crippen LogP contribution < -0.4 is 0 Å². The Balaban J connectivity index is 1.75. The zero-order valence-electron chi connectivity index (χ0n) is 12.4. The van der Waals surface area contributed by atoms with Crippen LogP contribution in [0.2, 0.25) is 0 Å². The van der Waals surface area contributed by atoms with E-state index in [1.54, 1.807) is 11.3 Å². The summed E-state index contributed by atoms with van der Waals surface area (Å²) in [7, 11) is 0. The number of aryl methyl sites for hydroxylation is 2. The number of hydrogen-bond acceptors (Lipinski definition) is 3. The molecular weight excluding hydrogens is 290 g/mol. The van der Waals surface area contributed by atoms with Crippen LogP contribution >= 0.6 is 11.3 Å². The summed E-state index contributed by atoms with van der Waals surface area (Å²) < 4.78 is 3.32. The number of imidazole rings is 1. The van der Waals surface area contributed by atoms with Crippen molar-refractivity contribution in [1.82, 2.24) is 14.4 Å². The second-order valence-corrected chi connectivity index (χ2v) is 6.42. The van der Waals surface area contributed by atoms with Crippen molar-refractivity contribution in [2.24, 2.45) is 0 Å². The van der Waals surface area contributed by atoms with Crippen LogP contribution in [0, 0.1) is 13.8 Å². The zero-order chi connectivity index (χ0) is 15.1. The maximum atomic E-state index is 4.67. The van der Waals surface area contributed by atoms with E-state index in [1.165, 1.54) is 10.3 Å². The highest BCUT2D eigenvalue weighted by Gasteiger charge is 2.05. The van der Waals surface area contributed by atoms with E-state index in [-0.39, 0.29) is 0 Å². The summed E-state index contributed by atoms with van der Waals surface area (Å²) in [5.41, 5.74) is 4.40. The molecule has 3 nitrogen and oxygen atoms in total. The monoisotopic (exact) mass is 305 g/mol. The van der Waals surface area contributed by atoms with Crippen molar-refractivity contribution in [2.45, 2.75) is 13.8 Å². The van der Waals surface area contributed by atoms with Crippen LogP contribution in [0.4, 0.5) is 0 Å². The third kappa shape index (κ3) is 2.22. The first kappa shape index (κ1) is 13.2. The Hall–Kier alpha value is -2.46. The van der Waals surface area contributed by atoms with Crippen LogP contribution in [-0.4, -0.2) is 14.4 Å². The Bertz CT molecular complexity index is 1010. The minimum absolute atomic E-state index is 0.980. The minimum Gasteiger partial charge on any atom is -0.303 e. The number of nitrogens with zero attached hydrogens (tertiary/aromatic N) is 3. The Kier molecular flexibility index (Phi) is 3.05. The third-order valence-corrected chi connectivity index (χ3v) is 4.70. The summed E-state index contributed by atoms with van der Waals surface area (Å²) in [6.45, 7) is 4.11. The first-order valence-electron chi connectivity index (χ1n) is 7.20. The smallest absolute Gasteiger partial charge is 0.117 e. The van der Waals surface area contributed by atoms with Crippen LogP contribution in [0.1, 0.15) is 22.1 Å². The standard InChI is InChI=1S/C18H15N3S/c1-12-6-8-17-15(11-12)20-18(22-17)9-7-14-16-5-3-4-10-21(16)13(2)19-14/h3-11H,1-2H3/b9-7+. The number of hydrogen-bond donors (Lipinski definition) is 0. The molecule has 4 heteroatoms. The zero-order valence-corrected chi connectivity index (χ0v) is 13.3. The fourth-order valence-corrected chi connectivity index (χ4v) is 3.47. The minimum atomic E-state index is 0.980. The summed E-state index contributed by atoms with van der Waals surface area (Å²) in [5, 5.41) is 1.01. The normalized spacial score (nSPS) is 11.9. The quantitative estimate of drug-likeness (QED) is 0.536. The Morgan fingerprint density at radius 1 is 1.05 bits per heavy atom. The molecule has 3 heterocycles. The third-order valence-electron chi connectivity index (χ3n) is 3.70. The van der Waals surface area contributed by atoms with E-state index in [1.807, 2.05) is 31.3 Å². The van der Waals surface area contributed by atoms with E-state index in [0.29, 0.717) is 0 Å². The van der Waals surface area contributed by atoms with Crippen molar-refractivity contribution in [3.8, 4) is 0 Å². The number of rotatable bonds is 2. The lowest BCUT2D eigenvalue weighted by Gasteiger charge is -1.93. The van der Waals surface area contributed by atoms with Crippen molar-refractivity contribution in [3.63, 3.8) is 0 Å². The van der Waals surface area contributed by atoms with E-state index >= 15 is 0 Å². The number of thiazole rings is 1. The van der Waals surface area contributed by atoms with Gasteiger partial charge in [-0.15, -0.1) is 11.3 Å². The average molecular weight is 305 g/mol. The van der Waals surface area contributed by atoms with E-state index in [4.69, 9.17) is 0 Å². The number of aromatic nitrogens is 3. The summed E-state index contributed by atoms with van der Waals surface area (Å²) >= 11 is 1.70. The molecule has 3 aromatic heterocycles. The average Bonchev–Trinajstić information content (AvgIpc) is 3.06. The van der Waals surface area contributed by atoms with Gasteiger partial charge in [-0.3, -0.25) is 0 Å². The van der Waals surface area contributed by atoms with Crippen molar-refractivity contribution in [2.75, 3.05) is 0 Å². The molecule has 1 aromatic carbocycles. The van der Waals surface area contributed by atoms with Gasteiger partial charge in [-0.05, 0) is 55.8 Å². The molecule has 0 atom stereocenters. The highest BCUT2D eigenvalue weighted by atomic mass is 32.1. The lowest BCUT2D eigenvalue weighted by Crippen LogP contribution is -1.84. The lowest BCUT2D eigenvalue weighted by atomic mass is 10.2. The number of benzene rings is 1. The van der Waals surface area contributed by atoms with Gasteiger partial charge in [-0.2, -0.15) is 0 Å². The molecule has 0 aliphatic carbocycles. The summed E-state index contributed by atoms with van der Waals surface area (Å²) in [6, 6.07) is 12.5. The number of fused-ring (bicyclic) bond motifs is 2. The van der Waals surface area contributed by atoms with Gasteiger partial charge in [0.25, 0.3) is 0 Å². The topological polar surface area (TPSA) is 30.2 Å². The van der Waals surface area contributed by atoms with Crippen molar-refractivity contribution in [1.29, 1.82) is 0 Å². The van der Waals surface area contributed by atoms with Crippen molar-refractivity contribution >= 4 is 39.2 Å². The van der Waals surface area contributed by atoms with Gasteiger partial charge in [-0.25, -0.2) is 9.97 Å². The summed E-state index contributed by atoms with van der Waals surface area (Å²) in [5.74, 6) is 0.996. The van der Waals surface area contributed by atoms with Gasteiger partial charge in [0.2, 0.25) is 0 Å². The van der Waals surface area contributed by atoms with E-state index in [0.717, 1.165) is 27.6 Å². The van der Waals surface area contributed by atoms with E-state index in [9.17, 15) is 0 Å². The van der Waals surface area contributed by atoms with Gasteiger partial charge >= 0.3 is 0 Å². The van der Waals surface area contributed by atoms with Gasteiger partial charge in [0, 0.05) is 6.20 Å². The van der Waals surface area contributed by atoms with Crippen LogP contribution in [0.3, 0.4) is 0 Å². The first-order chi connectivity index (χ1) is 10.7. The highest BCUT2D eigenvalue weighted by molar-refractivity contribution is 7.19. The molecular formula is C18H15N3S. The molecule has 22 heavy (non-hydrogen) atoms. The second-order valence-electron chi connectivity index (χ2n) is 5.36. The van der Waals surface area contributed by atoms with Crippen molar-refractivity contribution in [3.05, 3.63) is 64.7 Å². The molecule has 0 spiro atoms. The summed E-state index contributed by atoms with van der Waals surface area (Å²) in [6.07, 6.45) is 6.14. The van der Waals surface area contributed by atoms with Gasteiger partial charge in [0.1, 0.15) is 10.8 Å². The number of pyridine rings is 1. The molecule has 0 N–H and O–H groups in total.